The lowest BCUT2D eigenvalue weighted by atomic mass is 9.95. The third-order valence-electron chi connectivity index (χ3n) is 4.07. The number of rotatable bonds is 6. The summed E-state index contributed by atoms with van der Waals surface area (Å²) in [7, 11) is 2.02. The Morgan fingerprint density at radius 2 is 2.05 bits per heavy atom. The first-order valence-electron chi connectivity index (χ1n) is 8.01. The summed E-state index contributed by atoms with van der Waals surface area (Å²) >= 11 is 0. The van der Waals surface area contributed by atoms with E-state index in [0.29, 0.717) is 12.5 Å². The largest absolute Gasteiger partial charge is 0.444 e. The Kier molecular flexibility index (Phi) is 4.85. The van der Waals surface area contributed by atoms with Gasteiger partial charge in [0.1, 0.15) is 5.60 Å². The predicted molar refractivity (Wildman–Crippen MR) is 87.6 cm³/mol. The smallest absolute Gasteiger partial charge is 0.407 e. The normalized spacial score (nSPS) is 17.9. The van der Waals surface area contributed by atoms with Crippen LogP contribution in [-0.2, 0) is 18.3 Å². The van der Waals surface area contributed by atoms with Crippen molar-refractivity contribution in [3.63, 3.8) is 0 Å². The summed E-state index contributed by atoms with van der Waals surface area (Å²) < 4.78 is 7.36. The van der Waals surface area contributed by atoms with Crippen LogP contribution in [0.15, 0.2) is 18.5 Å². The van der Waals surface area contributed by atoms with Crippen molar-refractivity contribution in [2.75, 3.05) is 6.54 Å². The number of nitrogens with zero attached hydrogens (tertiary/aromatic N) is 1. The van der Waals surface area contributed by atoms with Crippen LogP contribution in [0.5, 0.6) is 0 Å². The molecule has 22 heavy (non-hydrogen) atoms. The molecule has 2 N–H and O–H groups in total. The van der Waals surface area contributed by atoms with Gasteiger partial charge in [-0.1, -0.05) is 0 Å². The van der Waals surface area contributed by atoms with E-state index in [9.17, 15) is 4.79 Å². The Balaban J connectivity index is 1.86. The Morgan fingerprint density at radius 3 is 2.55 bits per heavy atom. The highest BCUT2D eigenvalue weighted by molar-refractivity contribution is 5.67. The summed E-state index contributed by atoms with van der Waals surface area (Å²) in [6.07, 6.45) is 6.25. The Morgan fingerprint density at radius 1 is 1.36 bits per heavy atom. The van der Waals surface area contributed by atoms with Gasteiger partial charge in [0.15, 0.2) is 0 Å². The topological polar surface area (TPSA) is 55.3 Å². The first-order valence-corrected chi connectivity index (χ1v) is 8.01. The van der Waals surface area contributed by atoms with E-state index in [1.54, 1.807) is 0 Å². The van der Waals surface area contributed by atoms with Gasteiger partial charge in [0.05, 0.1) is 0 Å². The highest BCUT2D eigenvalue weighted by Crippen LogP contribution is 2.39. The number of alkyl carbamates (subject to hydrolysis) is 1. The molecular formula is C17H29N3O2. The van der Waals surface area contributed by atoms with Crippen molar-refractivity contribution in [1.82, 2.24) is 15.2 Å². The second kappa shape index (κ2) is 6.32. The average Bonchev–Trinajstić information content (AvgIpc) is 3.16. The van der Waals surface area contributed by atoms with Gasteiger partial charge in [-0.15, -0.1) is 0 Å². The molecule has 1 atom stereocenters. The van der Waals surface area contributed by atoms with Crippen LogP contribution in [-0.4, -0.2) is 28.3 Å². The quantitative estimate of drug-likeness (QED) is 0.849. The van der Waals surface area contributed by atoms with Gasteiger partial charge in [0.25, 0.3) is 0 Å². The Hall–Kier alpha value is -1.49. The molecule has 5 heteroatoms. The van der Waals surface area contributed by atoms with Crippen LogP contribution in [0.3, 0.4) is 0 Å². The van der Waals surface area contributed by atoms with Crippen molar-refractivity contribution in [2.45, 2.75) is 58.2 Å². The summed E-state index contributed by atoms with van der Waals surface area (Å²) in [5.74, 6) is 0.617. The van der Waals surface area contributed by atoms with Crippen LogP contribution in [0, 0.1) is 5.92 Å². The van der Waals surface area contributed by atoms with Crippen molar-refractivity contribution in [1.29, 1.82) is 0 Å². The number of carbonyl (C=O) groups is 1. The summed E-state index contributed by atoms with van der Waals surface area (Å²) in [6, 6.07) is 2.11. The summed E-state index contributed by atoms with van der Waals surface area (Å²) in [5.41, 5.74) is 0.705. The summed E-state index contributed by atoms with van der Waals surface area (Å²) in [6.45, 7) is 9.20. The molecule has 1 fully saturated rings. The maximum Gasteiger partial charge on any atom is 0.407 e. The van der Waals surface area contributed by atoms with Crippen LogP contribution in [0.25, 0.3) is 0 Å². The molecule has 2 rings (SSSR count). The lowest BCUT2D eigenvalue weighted by Gasteiger charge is -2.32. The molecule has 5 nitrogen and oxygen atoms in total. The van der Waals surface area contributed by atoms with Crippen LogP contribution < -0.4 is 10.6 Å². The Bertz CT molecular complexity index is 514. The van der Waals surface area contributed by atoms with Gasteiger partial charge in [-0.05, 0) is 58.1 Å². The van der Waals surface area contributed by atoms with Gasteiger partial charge in [0.2, 0.25) is 0 Å². The van der Waals surface area contributed by atoms with Gasteiger partial charge in [0, 0.05) is 38.1 Å². The molecule has 1 aromatic rings. The van der Waals surface area contributed by atoms with Crippen LogP contribution >= 0.6 is 0 Å². The van der Waals surface area contributed by atoms with E-state index in [1.165, 1.54) is 18.4 Å². The number of aromatic nitrogens is 1. The molecule has 124 valence electrons. The first kappa shape index (κ1) is 16.9. The number of hydrogen-bond donors (Lipinski definition) is 2. The summed E-state index contributed by atoms with van der Waals surface area (Å²) in [4.78, 5) is 11.9. The van der Waals surface area contributed by atoms with E-state index in [4.69, 9.17) is 4.74 Å². The van der Waals surface area contributed by atoms with Crippen molar-refractivity contribution in [3.05, 3.63) is 24.0 Å². The zero-order valence-electron chi connectivity index (χ0n) is 14.4. The van der Waals surface area contributed by atoms with E-state index in [-0.39, 0.29) is 11.6 Å². The number of aryl methyl sites for hydroxylation is 1. The first-order chi connectivity index (χ1) is 10.2. The number of nitrogens with one attached hydrogen (secondary N) is 2. The predicted octanol–water partition coefficient (Wildman–Crippen LogP) is 2.81. The fourth-order valence-corrected chi connectivity index (χ4v) is 2.61. The van der Waals surface area contributed by atoms with Crippen molar-refractivity contribution in [3.8, 4) is 0 Å². The monoisotopic (exact) mass is 307 g/mol. The second-order valence-corrected chi connectivity index (χ2v) is 7.59. The molecule has 0 radical (unpaired) electrons. The highest BCUT2D eigenvalue weighted by Gasteiger charge is 2.41. The zero-order chi connectivity index (χ0) is 16.4. The maximum atomic E-state index is 11.9. The van der Waals surface area contributed by atoms with Crippen LogP contribution in [0.1, 0.15) is 46.1 Å². The molecular weight excluding hydrogens is 278 g/mol. The lowest BCUT2D eigenvalue weighted by molar-refractivity contribution is 0.0507. The lowest BCUT2D eigenvalue weighted by Crippen LogP contribution is -2.53. The molecule has 1 aromatic heterocycles. The number of ether oxygens (including phenoxy) is 1. The number of hydrogen-bond acceptors (Lipinski definition) is 3. The van der Waals surface area contributed by atoms with Gasteiger partial charge in [-0.25, -0.2) is 4.79 Å². The fraction of sp³-hybridized carbons (Fsp3) is 0.706. The van der Waals surface area contributed by atoms with E-state index in [0.717, 1.165) is 6.54 Å². The number of amides is 1. The van der Waals surface area contributed by atoms with E-state index < -0.39 is 5.60 Å². The second-order valence-electron chi connectivity index (χ2n) is 7.59. The molecule has 1 amide bonds. The van der Waals surface area contributed by atoms with Crippen molar-refractivity contribution >= 4 is 6.09 Å². The van der Waals surface area contributed by atoms with Crippen LogP contribution in [0.4, 0.5) is 4.79 Å². The molecule has 1 heterocycles. The Labute approximate surface area is 133 Å². The number of carbonyl (C=O) groups excluding carboxylic acids is 1. The molecule has 1 aliphatic rings. The minimum atomic E-state index is -0.461. The van der Waals surface area contributed by atoms with E-state index in [1.807, 2.05) is 38.6 Å². The average molecular weight is 307 g/mol. The van der Waals surface area contributed by atoms with Gasteiger partial charge >= 0.3 is 6.09 Å². The highest BCUT2D eigenvalue weighted by atomic mass is 16.6. The molecule has 0 spiro atoms. The minimum absolute atomic E-state index is 0.0905. The standard InChI is InChI=1S/C17H29N3O2/c1-16(2,3)22-15(21)18-12-17(4,14-6-7-14)19-10-13-8-9-20(5)11-13/h8-9,11,14,19H,6-7,10,12H2,1-5H3,(H,18,21). The van der Waals surface area contributed by atoms with Crippen molar-refractivity contribution in [2.24, 2.45) is 13.0 Å². The maximum absolute atomic E-state index is 11.9. The molecule has 0 saturated heterocycles. The van der Waals surface area contributed by atoms with Gasteiger partial charge in [-0.3, -0.25) is 0 Å². The molecule has 0 aliphatic heterocycles. The molecule has 1 aliphatic carbocycles. The molecule has 1 unspecified atom stereocenters. The van der Waals surface area contributed by atoms with Crippen molar-refractivity contribution < 1.29 is 9.53 Å². The third-order valence-corrected chi connectivity index (χ3v) is 4.07. The minimum Gasteiger partial charge on any atom is -0.444 e. The third kappa shape index (κ3) is 5.05. The van der Waals surface area contributed by atoms with E-state index in [2.05, 4.69) is 29.8 Å². The van der Waals surface area contributed by atoms with Gasteiger partial charge < -0.3 is 19.9 Å². The SMILES string of the molecule is Cn1ccc(CNC(C)(CNC(=O)OC(C)(C)C)C2CC2)c1. The summed E-state index contributed by atoms with van der Waals surface area (Å²) in [5, 5.41) is 6.54. The fourth-order valence-electron chi connectivity index (χ4n) is 2.61. The molecule has 0 bridgehead atoms. The van der Waals surface area contributed by atoms with Crippen LogP contribution in [0.2, 0.25) is 0 Å². The van der Waals surface area contributed by atoms with E-state index >= 15 is 0 Å². The molecule has 0 aromatic carbocycles. The molecule has 1 saturated carbocycles. The zero-order valence-corrected chi connectivity index (χ0v) is 14.4. The van der Waals surface area contributed by atoms with Gasteiger partial charge in [-0.2, -0.15) is 0 Å².